The number of benzene rings is 1. The first kappa shape index (κ1) is 12.6. The molecule has 0 bridgehead atoms. The van der Waals surface area contributed by atoms with Crippen molar-refractivity contribution in [3.63, 3.8) is 0 Å². The van der Waals surface area contributed by atoms with Gasteiger partial charge in [0, 0.05) is 23.1 Å². The summed E-state index contributed by atoms with van der Waals surface area (Å²) in [6, 6.07) is 6.24. The van der Waals surface area contributed by atoms with E-state index in [-0.39, 0.29) is 5.54 Å². The van der Waals surface area contributed by atoms with Crippen LogP contribution in [-0.2, 0) is 0 Å². The van der Waals surface area contributed by atoms with Crippen LogP contribution in [0.1, 0.15) is 25.5 Å². The average Bonchev–Trinajstić information content (AvgIpc) is 2.20. The average molecular weight is 276 g/mol. The van der Waals surface area contributed by atoms with Gasteiger partial charge in [-0.1, -0.05) is 29.3 Å². The summed E-state index contributed by atoms with van der Waals surface area (Å²) in [5.41, 5.74) is 1.40. The van der Waals surface area contributed by atoms with Gasteiger partial charge in [0.1, 0.15) is 0 Å². The van der Waals surface area contributed by atoms with Crippen molar-refractivity contribution < 1.29 is 0 Å². The van der Waals surface area contributed by atoms with Gasteiger partial charge in [0.15, 0.2) is 0 Å². The van der Waals surface area contributed by atoms with E-state index in [2.05, 4.69) is 19.2 Å². The summed E-state index contributed by atoms with van der Waals surface area (Å²) in [5, 5.41) is 4.89. The number of nitrogens with one attached hydrogen (secondary N) is 1. The second kappa shape index (κ2) is 4.77. The molecular weight excluding hydrogens is 261 g/mol. The molecule has 1 aliphatic heterocycles. The summed E-state index contributed by atoms with van der Waals surface area (Å²) < 4.78 is 0. The van der Waals surface area contributed by atoms with Crippen LogP contribution in [0.3, 0.4) is 0 Å². The molecule has 0 spiro atoms. The van der Waals surface area contributed by atoms with Crippen LogP contribution in [0.25, 0.3) is 0 Å². The minimum atomic E-state index is 0.180. The van der Waals surface area contributed by atoms with Crippen molar-refractivity contribution in [3.8, 4) is 0 Å². The molecule has 1 N–H and O–H groups in total. The smallest absolute Gasteiger partial charge is 0.0595 e. The van der Waals surface area contributed by atoms with Crippen molar-refractivity contribution in [3.05, 3.63) is 33.8 Å². The third-order valence-corrected chi connectivity index (χ3v) is 4.89. The minimum Gasteiger partial charge on any atom is -0.303 e. The lowest BCUT2D eigenvalue weighted by Gasteiger charge is -2.37. The van der Waals surface area contributed by atoms with E-state index in [1.54, 1.807) is 0 Å². The van der Waals surface area contributed by atoms with Gasteiger partial charge in [-0.2, -0.15) is 11.8 Å². The van der Waals surface area contributed by atoms with Crippen LogP contribution in [0.5, 0.6) is 0 Å². The van der Waals surface area contributed by atoms with Gasteiger partial charge in [-0.05, 0) is 31.5 Å². The van der Waals surface area contributed by atoms with E-state index >= 15 is 0 Å². The Morgan fingerprint density at radius 3 is 2.69 bits per heavy atom. The molecule has 88 valence electrons. The Morgan fingerprint density at radius 2 is 2.06 bits per heavy atom. The third kappa shape index (κ3) is 2.86. The van der Waals surface area contributed by atoms with Crippen molar-refractivity contribution in [1.82, 2.24) is 5.32 Å². The van der Waals surface area contributed by atoms with Gasteiger partial charge < -0.3 is 5.32 Å². The predicted octanol–water partition coefficient (Wildman–Crippen LogP) is 4.15. The van der Waals surface area contributed by atoms with Crippen LogP contribution < -0.4 is 5.32 Å². The van der Waals surface area contributed by atoms with Gasteiger partial charge in [0.2, 0.25) is 0 Å². The zero-order valence-electron chi connectivity index (χ0n) is 9.39. The van der Waals surface area contributed by atoms with Gasteiger partial charge in [-0.25, -0.2) is 0 Å². The second-order valence-corrected chi connectivity index (χ2v) is 6.61. The topological polar surface area (TPSA) is 12.0 Å². The predicted molar refractivity (Wildman–Crippen MR) is 73.7 cm³/mol. The summed E-state index contributed by atoms with van der Waals surface area (Å²) in [4.78, 5) is 0. The Hall–Kier alpha value is 0.110. The highest BCUT2D eigenvalue weighted by Gasteiger charge is 2.28. The molecule has 1 aromatic carbocycles. The number of halogens is 2. The van der Waals surface area contributed by atoms with Gasteiger partial charge in [0.05, 0.1) is 10.0 Å². The molecule has 0 aromatic heterocycles. The van der Waals surface area contributed by atoms with E-state index < -0.39 is 0 Å². The maximum atomic E-state index is 6.04. The van der Waals surface area contributed by atoms with Crippen molar-refractivity contribution in [2.75, 3.05) is 11.5 Å². The van der Waals surface area contributed by atoms with Crippen LogP contribution in [0.2, 0.25) is 10.0 Å². The Balaban J connectivity index is 2.20. The molecule has 1 nitrogen and oxygen atoms in total. The molecule has 1 fully saturated rings. The largest absolute Gasteiger partial charge is 0.303 e. The van der Waals surface area contributed by atoms with E-state index in [4.69, 9.17) is 23.2 Å². The molecule has 0 amide bonds. The SMILES string of the molecule is CC1(C)CSCC(c2ccc(Cl)c(Cl)c2)N1. The molecule has 4 heteroatoms. The molecule has 0 radical (unpaired) electrons. The Labute approximate surface area is 111 Å². The first-order chi connectivity index (χ1) is 7.48. The van der Waals surface area contributed by atoms with Crippen LogP contribution in [0.15, 0.2) is 18.2 Å². The first-order valence-electron chi connectivity index (χ1n) is 5.28. The van der Waals surface area contributed by atoms with Crippen molar-refractivity contribution >= 4 is 35.0 Å². The second-order valence-electron chi connectivity index (χ2n) is 4.77. The van der Waals surface area contributed by atoms with E-state index in [1.807, 2.05) is 30.0 Å². The minimum absolute atomic E-state index is 0.180. The van der Waals surface area contributed by atoms with E-state index in [1.165, 1.54) is 5.56 Å². The Bertz CT molecular complexity index is 393. The Kier molecular flexibility index (Phi) is 3.75. The zero-order chi connectivity index (χ0) is 11.8. The quantitative estimate of drug-likeness (QED) is 0.827. The van der Waals surface area contributed by atoms with Gasteiger partial charge in [-0.15, -0.1) is 0 Å². The molecule has 2 rings (SSSR count). The normalized spacial score (nSPS) is 24.4. The van der Waals surface area contributed by atoms with Gasteiger partial charge in [-0.3, -0.25) is 0 Å². The van der Waals surface area contributed by atoms with Gasteiger partial charge in [0.25, 0.3) is 0 Å². The highest BCUT2D eigenvalue weighted by molar-refractivity contribution is 7.99. The molecule has 1 unspecified atom stereocenters. The molecule has 16 heavy (non-hydrogen) atoms. The maximum absolute atomic E-state index is 6.04. The summed E-state index contributed by atoms with van der Waals surface area (Å²) in [6.07, 6.45) is 0. The van der Waals surface area contributed by atoms with Crippen molar-refractivity contribution in [1.29, 1.82) is 0 Å². The zero-order valence-corrected chi connectivity index (χ0v) is 11.7. The molecule has 1 heterocycles. The highest BCUT2D eigenvalue weighted by atomic mass is 35.5. The van der Waals surface area contributed by atoms with E-state index in [9.17, 15) is 0 Å². The number of hydrogen-bond acceptors (Lipinski definition) is 2. The molecule has 0 saturated carbocycles. The molecular formula is C12H15Cl2NS. The number of thioether (sulfide) groups is 1. The molecule has 1 aromatic rings. The standard InChI is InChI=1S/C12H15Cl2NS/c1-12(2)7-16-6-11(15-12)8-3-4-9(13)10(14)5-8/h3-5,11,15H,6-7H2,1-2H3. The lowest BCUT2D eigenvalue weighted by Crippen LogP contribution is -2.48. The van der Waals surface area contributed by atoms with Crippen LogP contribution in [0, 0.1) is 0 Å². The number of hydrogen-bond donors (Lipinski definition) is 1. The molecule has 1 saturated heterocycles. The molecule has 1 aliphatic rings. The fraction of sp³-hybridized carbons (Fsp3) is 0.500. The highest BCUT2D eigenvalue weighted by Crippen LogP contribution is 2.32. The maximum Gasteiger partial charge on any atom is 0.0595 e. The van der Waals surface area contributed by atoms with Crippen LogP contribution >= 0.6 is 35.0 Å². The van der Waals surface area contributed by atoms with Crippen molar-refractivity contribution in [2.24, 2.45) is 0 Å². The lowest BCUT2D eigenvalue weighted by atomic mass is 10.0. The molecule has 0 aliphatic carbocycles. The summed E-state index contributed by atoms with van der Waals surface area (Å²) >= 11 is 13.9. The summed E-state index contributed by atoms with van der Waals surface area (Å²) in [6.45, 7) is 4.45. The number of rotatable bonds is 1. The summed E-state index contributed by atoms with van der Waals surface area (Å²) in [7, 11) is 0. The van der Waals surface area contributed by atoms with Crippen LogP contribution in [0.4, 0.5) is 0 Å². The van der Waals surface area contributed by atoms with E-state index in [0.29, 0.717) is 16.1 Å². The van der Waals surface area contributed by atoms with E-state index in [0.717, 1.165) is 11.5 Å². The lowest BCUT2D eigenvalue weighted by molar-refractivity contribution is 0.376. The fourth-order valence-corrected chi connectivity index (χ4v) is 3.43. The fourth-order valence-electron chi connectivity index (χ4n) is 1.90. The van der Waals surface area contributed by atoms with Gasteiger partial charge >= 0.3 is 0 Å². The van der Waals surface area contributed by atoms with Crippen molar-refractivity contribution in [2.45, 2.75) is 25.4 Å². The first-order valence-corrected chi connectivity index (χ1v) is 7.19. The monoisotopic (exact) mass is 275 g/mol. The Morgan fingerprint density at radius 1 is 1.31 bits per heavy atom. The van der Waals surface area contributed by atoms with Crippen LogP contribution in [-0.4, -0.2) is 17.0 Å². The third-order valence-electron chi connectivity index (χ3n) is 2.66. The molecule has 1 atom stereocenters. The summed E-state index contributed by atoms with van der Waals surface area (Å²) in [5.74, 6) is 2.23.